The van der Waals surface area contributed by atoms with Gasteiger partial charge in [-0.3, -0.25) is 0 Å². The molecule has 0 unspecified atom stereocenters. The lowest BCUT2D eigenvalue weighted by molar-refractivity contribution is -0.633. The molecule has 1 fully saturated rings. The molecule has 7 rings (SSSR count). The van der Waals surface area contributed by atoms with Gasteiger partial charge in [0.2, 0.25) is 11.2 Å². The first kappa shape index (κ1) is 23.7. The van der Waals surface area contributed by atoms with E-state index in [1.807, 2.05) is 30.3 Å². The molecule has 0 atom stereocenters. The maximum Gasteiger partial charge on any atom is 0.217 e. The van der Waals surface area contributed by atoms with Gasteiger partial charge in [0.05, 0.1) is 17.2 Å². The van der Waals surface area contributed by atoms with Crippen LogP contribution in [0.1, 0.15) is 54.7 Å². The van der Waals surface area contributed by atoms with Crippen LogP contribution in [0.3, 0.4) is 0 Å². The average molecular weight is 508 g/mol. The molecule has 3 nitrogen and oxygen atoms in total. The van der Waals surface area contributed by atoms with Crippen LogP contribution < -0.4 is 4.57 Å². The minimum absolute atomic E-state index is 0.577. The lowest BCUT2D eigenvalue weighted by atomic mass is 9.82. The number of fused-ring (bicyclic) bond motifs is 4. The fourth-order valence-corrected chi connectivity index (χ4v) is 6.75. The molecule has 1 aliphatic rings. The van der Waals surface area contributed by atoms with Gasteiger partial charge < -0.3 is 4.42 Å². The number of nitriles is 1. The van der Waals surface area contributed by atoms with Crippen LogP contribution in [0.15, 0.2) is 89.3 Å². The van der Waals surface area contributed by atoms with Crippen molar-refractivity contribution in [2.45, 2.75) is 44.9 Å². The van der Waals surface area contributed by atoms with Gasteiger partial charge in [0.15, 0.2) is 0 Å². The summed E-state index contributed by atoms with van der Waals surface area (Å²) in [7, 11) is 2.17. The average Bonchev–Trinajstić information content (AvgIpc) is 3.38. The van der Waals surface area contributed by atoms with Crippen LogP contribution >= 0.6 is 0 Å². The highest BCUT2D eigenvalue weighted by molar-refractivity contribution is 6.15. The second-order valence-electron chi connectivity index (χ2n) is 11.0. The highest BCUT2D eigenvalue weighted by atomic mass is 16.3. The Morgan fingerprint density at radius 3 is 2.38 bits per heavy atom. The molecule has 1 saturated carbocycles. The second-order valence-corrected chi connectivity index (χ2v) is 11.0. The number of pyridine rings is 1. The number of nitrogens with zero attached hydrogens (tertiary/aromatic N) is 2. The maximum atomic E-state index is 10.1. The maximum absolute atomic E-state index is 10.1. The van der Waals surface area contributed by atoms with Crippen molar-refractivity contribution in [3.05, 3.63) is 102 Å². The number of rotatable bonds is 3. The van der Waals surface area contributed by atoms with E-state index in [9.17, 15) is 5.26 Å². The van der Waals surface area contributed by atoms with Crippen molar-refractivity contribution in [3.63, 3.8) is 0 Å². The number of hydrogen-bond donors (Lipinski definition) is 0. The summed E-state index contributed by atoms with van der Waals surface area (Å²) in [5.41, 5.74) is 10.5. The van der Waals surface area contributed by atoms with Gasteiger partial charge in [0.1, 0.15) is 18.2 Å². The van der Waals surface area contributed by atoms with E-state index in [-0.39, 0.29) is 0 Å². The van der Waals surface area contributed by atoms with Crippen LogP contribution in [0.5, 0.6) is 0 Å². The van der Waals surface area contributed by atoms with E-state index in [0.717, 1.165) is 44.3 Å². The summed E-state index contributed by atoms with van der Waals surface area (Å²) in [5, 5.41) is 13.3. The summed E-state index contributed by atoms with van der Waals surface area (Å²) in [6, 6.07) is 32.2. The molecule has 0 amide bonds. The smallest absolute Gasteiger partial charge is 0.217 e. The van der Waals surface area contributed by atoms with Gasteiger partial charge >= 0.3 is 0 Å². The topological polar surface area (TPSA) is 40.8 Å². The van der Waals surface area contributed by atoms with Crippen LogP contribution in [-0.4, -0.2) is 0 Å². The van der Waals surface area contributed by atoms with E-state index in [1.165, 1.54) is 54.1 Å². The standard InChI is InChI=1S/C36H31N2O/c1-23-17-19-29-34-26(22-37)18-20-27(24-11-5-3-6-12-24)35(34)39-36(29)33(23)32-21-30(25-13-7-4-8-14-25)28-15-9-10-16-31(28)38(32)2/h3,5-6,9-12,15-21,25H,4,7-8,13-14H2,1-2H3/q+1. The number of benzene rings is 4. The van der Waals surface area contributed by atoms with Gasteiger partial charge in [0.25, 0.3) is 0 Å². The van der Waals surface area contributed by atoms with E-state index < -0.39 is 0 Å². The monoisotopic (exact) mass is 507 g/mol. The Hall–Kier alpha value is -4.42. The number of aryl methyl sites for hydroxylation is 2. The fraction of sp³-hybridized carbons (Fsp3) is 0.222. The third kappa shape index (κ3) is 3.74. The van der Waals surface area contributed by atoms with Gasteiger partial charge in [-0.15, -0.1) is 0 Å². The molecule has 2 heterocycles. The highest BCUT2D eigenvalue weighted by Crippen LogP contribution is 2.43. The molecule has 0 saturated heterocycles. The first-order valence-corrected chi connectivity index (χ1v) is 14.0. The van der Waals surface area contributed by atoms with Crippen molar-refractivity contribution >= 4 is 32.8 Å². The predicted molar refractivity (Wildman–Crippen MR) is 159 cm³/mol. The molecule has 6 aromatic rings. The quantitative estimate of drug-likeness (QED) is 0.224. The SMILES string of the molecule is Cc1ccc2c(oc3c(-c4ccccc4)ccc(C#N)c32)c1-c1cc(C2CCCCC2)c2ccccc2[n+]1C. The van der Waals surface area contributed by atoms with Crippen LogP contribution in [0, 0.1) is 18.3 Å². The number of hydrogen-bond acceptors (Lipinski definition) is 2. The van der Waals surface area contributed by atoms with E-state index in [2.05, 4.69) is 79.2 Å². The fourth-order valence-electron chi connectivity index (χ4n) is 6.75. The first-order valence-electron chi connectivity index (χ1n) is 14.0. The molecule has 2 aromatic heterocycles. The van der Waals surface area contributed by atoms with Crippen molar-refractivity contribution < 1.29 is 8.98 Å². The lowest BCUT2D eigenvalue weighted by Gasteiger charge is -2.23. The summed E-state index contributed by atoms with van der Waals surface area (Å²) >= 11 is 0. The molecule has 0 N–H and O–H groups in total. The minimum Gasteiger partial charge on any atom is -0.454 e. The molecule has 1 aliphatic carbocycles. The second kappa shape index (κ2) is 9.40. The third-order valence-electron chi connectivity index (χ3n) is 8.73. The number of aromatic nitrogens is 1. The summed E-state index contributed by atoms with van der Waals surface area (Å²) in [6.07, 6.45) is 6.43. The van der Waals surface area contributed by atoms with Gasteiger partial charge in [0, 0.05) is 33.9 Å². The Labute approximate surface area is 228 Å². The van der Waals surface area contributed by atoms with Crippen LogP contribution in [0.2, 0.25) is 0 Å². The molecule has 39 heavy (non-hydrogen) atoms. The number of furan rings is 1. The molecule has 0 radical (unpaired) electrons. The summed E-state index contributed by atoms with van der Waals surface area (Å²) in [6.45, 7) is 2.17. The summed E-state index contributed by atoms with van der Waals surface area (Å²) in [4.78, 5) is 0. The van der Waals surface area contributed by atoms with Crippen molar-refractivity contribution in [1.82, 2.24) is 0 Å². The Bertz CT molecular complexity index is 1920. The van der Waals surface area contributed by atoms with Crippen molar-refractivity contribution in [2.24, 2.45) is 7.05 Å². The Morgan fingerprint density at radius 2 is 1.59 bits per heavy atom. The Balaban J connectivity index is 1.57. The molecule has 0 aliphatic heterocycles. The van der Waals surface area contributed by atoms with Crippen LogP contribution in [0.4, 0.5) is 0 Å². The van der Waals surface area contributed by atoms with E-state index >= 15 is 0 Å². The van der Waals surface area contributed by atoms with Crippen LogP contribution in [-0.2, 0) is 7.05 Å². The van der Waals surface area contributed by atoms with E-state index in [0.29, 0.717) is 11.5 Å². The van der Waals surface area contributed by atoms with Gasteiger partial charge in [-0.25, -0.2) is 0 Å². The summed E-state index contributed by atoms with van der Waals surface area (Å²) < 4.78 is 9.15. The van der Waals surface area contributed by atoms with Crippen LogP contribution in [0.25, 0.3) is 55.2 Å². The van der Waals surface area contributed by atoms with Crippen molar-refractivity contribution in [3.8, 4) is 28.5 Å². The van der Waals surface area contributed by atoms with Crippen molar-refractivity contribution in [1.29, 1.82) is 5.26 Å². The molecular formula is C36H31N2O+. The highest BCUT2D eigenvalue weighted by Gasteiger charge is 2.28. The summed E-state index contributed by atoms with van der Waals surface area (Å²) in [5.74, 6) is 0.577. The zero-order valence-corrected chi connectivity index (χ0v) is 22.5. The van der Waals surface area contributed by atoms with Crippen molar-refractivity contribution in [2.75, 3.05) is 0 Å². The normalized spacial score (nSPS) is 14.3. The Morgan fingerprint density at radius 1 is 0.821 bits per heavy atom. The zero-order valence-electron chi connectivity index (χ0n) is 22.5. The van der Waals surface area contributed by atoms with Gasteiger partial charge in [-0.1, -0.05) is 73.9 Å². The predicted octanol–water partition coefficient (Wildman–Crippen LogP) is 9.13. The van der Waals surface area contributed by atoms with Gasteiger partial charge in [-0.05, 0) is 60.6 Å². The molecule has 0 bridgehead atoms. The van der Waals surface area contributed by atoms with E-state index in [1.54, 1.807) is 0 Å². The molecule has 0 spiro atoms. The van der Waals surface area contributed by atoms with E-state index in [4.69, 9.17) is 4.42 Å². The molecule has 4 aromatic carbocycles. The molecule has 3 heteroatoms. The Kier molecular flexibility index (Phi) is 5.71. The first-order chi connectivity index (χ1) is 19.2. The number of para-hydroxylation sites is 1. The lowest BCUT2D eigenvalue weighted by Crippen LogP contribution is -2.33. The zero-order chi connectivity index (χ0) is 26.5. The van der Waals surface area contributed by atoms with Gasteiger partial charge in [-0.2, -0.15) is 9.83 Å². The minimum atomic E-state index is 0.577. The third-order valence-corrected chi connectivity index (χ3v) is 8.73. The molecular weight excluding hydrogens is 476 g/mol. The molecule has 190 valence electrons. The largest absolute Gasteiger partial charge is 0.454 e.